The molecule has 30 heavy (non-hydrogen) atoms. The van der Waals surface area contributed by atoms with E-state index in [-0.39, 0.29) is 18.9 Å². The SMILES string of the molecule is C[C@]1(O)CCN(C(=O)Cc2cc(Cl)c3c(c2)OCCO3)C[C@@H]1Oc1ccc(Cl)cc1. The minimum absolute atomic E-state index is 0.0667. The van der Waals surface area contributed by atoms with E-state index in [1.165, 1.54) is 0 Å². The number of piperidine rings is 1. The third-order valence-corrected chi connectivity index (χ3v) is 5.96. The molecule has 2 aromatic carbocycles. The van der Waals surface area contributed by atoms with Crippen LogP contribution >= 0.6 is 23.2 Å². The highest BCUT2D eigenvalue weighted by molar-refractivity contribution is 6.32. The average molecular weight is 452 g/mol. The van der Waals surface area contributed by atoms with Gasteiger partial charge in [0.05, 0.1) is 18.0 Å². The number of hydrogen-bond acceptors (Lipinski definition) is 5. The fourth-order valence-corrected chi connectivity index (χ4v) is 4.05. The van der Waals surface area contributed by atoms with Crippen LogP contribution in [0.3, 0.4) is 0 Å². The number of ether oxygens (including phenoxy) is 3. The predicted molar refractivity (Wildman–Crippen MR) is 114 cm³/mol. The minimum Gasteiger partial charge on any atom is -0.486 e. The molecule has 0 aromatic heterocycles. The molecule has 0 bridgehead atoms. The molecule has 0 saturated carbocycles. The number of halogens is 2. The van der Waals surface area contributed by atoms with Crippen molar-refractivity contribution in [2.24, 2.45) is 0 Å². The maximum absolute atomic E-state index is 13.0. The van der Waals surface area contributed by atoms with E-state index in [2.05, 4.69) is 0 Å². The standard InChI is InChI=1S/C22H23Cl2NO5/c1-22(27)6-7-25(13-19(22)30-16-4-2-15(23)3-5-16)20(26)12-14-10-17(24)21-18(11-14)28-8-9-29-21/h2-5,10-11,19,27H,6-9,12-13H2,1H3/t19-,22-/m0/s1. The summed E-state index contributed by atoms with van der Waals surface area (Å²) in [5.41, 5.74) is -0.293. The van der Waals surface area contributed by atoms with Crippen molar-refractivity contribution in [3.63, 3.8) is 0 Å². The number of benzene rings is 2. The maximum Gasteiger partial charge on any atom is 0.227 e. The van der Waals surface area contributed by atoms with Gasteiger partial charge in [0, 0.05) is 11.6 Å². The van der Waals surface area contributed by atoms with E-state index < -0.39 is 11.7 Å². The number of carbonyl (C=O) groups excluding carboxylic acids is 1. The van der Waals surface area contributed by atoms with Crippen LogP contribution in [0.5, 0.6) is 17.2 Å². The molecular weight excluding hydrogens is 429 g/mol. The second-order valence-corrected chi connectivity index (χ2v) is 8.63. The van der Waals surface area contributed by atoms with Crippen molar-refractivity contribution >= 4 is 29.1 Å². The van der Waals surface area contributed by atoms with Gasteiger partial charge in [-0.25, -0.2) is 0 Å². The van der Waals surface area contributed by atoms with Crippen LogP contribution in [0.25, 0.3) is 0 Å². The zero-order valence-corrected chi connectivity index (χ0v) is 18.1. The molecule has 2 aromatic rings. The highest BCUT2D eigenvalue weighted by Crippen LogP contribution is 2.38. The smallest absolute Gasteiger partial charge is 0.227 e. The Morgan fingerprint density at radius 1 is 1.23 bits per heavy atom. The van der Waals surface area contributed by atoms with Crippen molar-refractivity contribution in [1.82, 2.24) is 4.90 Å². The number of likely N-dealkylation sites (tertiary alicyclic amines) is 1. The van der Waals surface area contributed by atoms with E-state index in [1.54, 1.807) is 48.2 Å². The van der Waals surface area contributed by atoms with Crippen LogP contribution in [0.1, 0.15) is 18.9 Å². The number of rotatable bonds is 4. The van der Waals surface area contributed by atoms with Gasteiger partial charge in [-0.05, 0) is 55.3 Å². The zero-order valence-electron chi connectivity index (χ0n) is 16.6. The van der Waals surface area contributed by atoms with Gasteiger partial charge in [-0.1, -0.05) is 23.2 Å². The first-order valence-electron chi connectivity index (χ1n) is 9.82. The Morgan fingerprint density at radius 3 is 2.73 bits per heavy atom. The topological polar surface area (TPSA) is 68.2 Å². The Morgan fingerprint density at radius 2 is 1.97 bits per heavy atom. The summed E-state index contributed by atoms with van der Waals surface area (Å²) >= 11 is 12.2. The summed E-state index contributed by atoms with van der Waals surface area (Å²) in [6, 6.07) is 10.5. The lowest BCUT2D eigenvalue weighted by atomic mass is 9.90. The summed E-state index contributed by atoms with van der Waals surface area (Å²) in [5, 5.41) is 11.8. The fraction of sp³-hybridized carbons (Fsp3) is 0.409. The molecule has 0 radical (unpaired) electrons. The number of nitrogens with zero attached hydrogens (tertiary/aromatic N) is 1. The van der Waals surface area contributed by atoms with Gasteiger partial charge < -0.3 is 24.2 Å². The lowest BCUT2D eigenvalue weighted by Crippen LogP contribution is -2.57. The number of hydrogen-bond donors (Lipinski definition) is 1. The van der Waals surface area contributed by atoms with Crippen molar-refractivity contribution in [2.75, 3.05) is 26.3 Å². The summed E-state index contributed by atoms with van der Waals surface area (Å²) in [6.45, 7) is 3.37. The van der Waals surface area contributed by atoms with E-state index in [0.717, 1.165) is 5.56 Å². The van der Waals surface area contributed by atoms with E-state index in [0.29, 0.717) is 53.5 Å². The Hall–Kier alpha value is -2.15. The van der Waals surface area contributed by atoms with Crippen molar-refractivity contribution in [3.05, 3.63) is 52.0 Å². The third kappa shape index (κ3) is 4.61. The van der Waals surface area contributed by atoms with Crippen molar-refractivity contribution in [1.29, 1.82) is 0 Å². The molecule has 6 nitrogen and oxygen atoms in total. The molecule has 1 fully saturated rings. The van der Waals surface area contributed by atoms with E-state index >= 15 is 0 Å². The Bertz CT molecular complexity index is 932. The number of carbonyl (C=O) groups is 1. The van der Waals surface area contributed by atoms with Crippen molar-refractivity contribution in [3.8, 4) is 17.2 Å². The first kappa shape index (κ1) is 21.1. The lowest BCUT2D eigenvalue weighted by molar-refractivity contribution is -0.142. The van der Waals surface area contributed by atoms with E-state index in [4.69, 9.17) is 37.4 Å². The molecule has 0 spiro atoms. The molecule has 1 saturated heterocycles. The number of amides is 1. The monoisotopic (exact) mass is 451 g/mol. The van der Waals surface area contributed by atoms with Gasteiger partial charge in [-0.3, -0.25) is 4.79 Å². The second-order valence-electron chi connectivity index (χ2n) is 7.79. The highest BCUT2D eigenvalue weighted by atomic mass is 35.5. The van der Waals surface area contributed by atoms with Gasteiger partial charge in [0.15, 0.2) is 11.5 Å². The van der Waals surface area contributed by atoms with Gasteiger partial charge >= 0.3 is 0 Å². The van der Waals surface area contributed by atoms with Crippen molar-refractivity contribution in [2.45, 2.75) is 31.5 Å². The van der Waals surface area contributed by atoms with E-state index in [9.17, 15) is 9.90 Å². The van der Waals surface area contributed by atoms with Gasteiger partial charge in [-0.2, -0.15) is 0 Å². The number of aliphatic hydroxyl groups is 1. The highest BCUT2D eigenvalue weighted by Gasteiger charge is 2.40. The second kappa shape index (κ2) is 8.53. The summed E-state index contributed by atoms with van der Waals surface area (Å²) in [4.78, 5) is 14.7. The molecule has 160 valence electrons. The Labute approximate surface area is 185 Å². The van der Waals surface area contributed by atoms with Crippen LogP contribution in [0.15, 0.2) is 36.4 Å². The normalized spacial score (nSPS) is 23.2. The van der Waals surface area contributed by atoms with E-state index in [1.807, 2.05) is 0 Å². The molecule has 1 amide bonds. The average Bonchev–Trinajstić information content (AvgIpc) is 2.71. The molecule has 0 aliphatic carbocycles. The molecule has 2 aliphatic heterocycles. The summed E-state index contributed by atoms with van der Waals surface area (Å²) in [5.74, 6) is 1.60. The van der Waals surface area contributed by atoms with Crippen LogP contribution in [-0.4, -0.2) is 53.9 Å². The first-order valence-corrected chi connectivity index (χ1v) is 10.6. The molecule has 2 atom stereocenters. The molecule has 1 N–H and O–H groups in total. The molecule has 8 heteroatoms. The molecule has 2 aliphatic rings. The quantitative estimate of drug-likeness (QED) is 0.766. The van der Waals surface area contributed by atoms with Crippen LogP contribution in [0, 0.1) is 0 Å². The van der Waals surface area contributed by atoms with Gasteiger partial charge in [0.2, 0.25) is 5.91 Å². The Kier molecular flexibility index (Phi) is 6.00. The molecule has 4 rings (SSSR count). The summed E-state index contributed by atoms with van der Waals surface area (Å²) in [6.07, 6.45) is 0.0330. The van der Waals surface area contributed by atoms with Crippen LogP contribution in [-0.2, 0) is 11.2 Å². The van der Waals surface area contributed by atoms with Gasteiger partial charge in [-0.15, -0.1) is 0 Å². The molecule has 0 unspecified atom stereocenters. The van der Waals surface area contributed by atoms with Crippen molar-refractivity contribution < 1.29 is 24.1 Å². The van der Waals surface area contributed by atoms with Crippen LogP contribution < -0.4 is 14.2 Å². The largest absolute Gasteiger partial charge is 0.486 e. The summed E-state index contributed by atoms with van der Waals surface area (Å²) in [7, 11) is 0. The molecular formula is C22H23Cl2NO5. The fourth-order valence-electron chi connectivity index (χ4n) is 3.63. The van der Waals surface area contributed by atoms with Gasteiger partial charge in [0.1, 0.15) is 30.7 Å². The zero-order chi connectivity index (χ0) is 21.3. The minimum atomic E-state index is -1.04. The Balaban J connectivity index is 1.45. The predicted octanol–water partition coefficient (Wildman–Crippen LogP) is 3.74. The summed E-state index contributed by atoms with van der Waals surface area (Å²) < 4.78 is 17.1. The lowest BCUT2D eigenvalue weighted by Gasteiger charge is -2.42. The van der Waals surface area contributed by atoms with Gasteiger partial charge in [0.25, 0.3) is 0 Å². The third-order valence-electron chi connectivity index (χ3n) is 5.42. The van der Waals surface area contributed by atoms with Crippen LogP contribution in [0.2, 0.25) is 10.0 Å². The first-order chi connectivity index (χ1) is 14.3. The number of fused-ring (bicyclic) bond motifs is 1. The van der Waals surface area contributed by atoms with Crippen LogP contribution in [0.4, 0.5) is 0 Å². The maximum atomic E-state index is 13.0. The molecule has 2 heterocycles.